The van der Waals surface area contributed by atoms with Gasteiger partial charge in [0.25, 0.3) is 0 Å². The van der Waals surface area contributed by atoms with Gasteiger partial charge in [-0.3, -0.25) is 4.79 Å². The molecule has 1 amide bonds. The molecule has 0 saturated carbocycles. The molecule has 2 aliphatic heterocycles. The van der Waals surface area contributed by atoms with Crippen LogP contribution in [0.4, 0.5) is 0 Å². The first-order valence-corrected chi connectivity index (χ1v) is 7.34. The van der Waals surface area contributed by atoms with Crippen LogP contribution >= 0.6 is 0 Å². The fourth-order valence-corrected chi connectivity index (χ4v) is 3.27. The Kier molecular flexibility index (Phi) is 3.83. The monoisotopic (exact) mass is 257 g/mol. The normalized spacial score (nSPS) is 26.8. The predicted molar refractivity (Wildman–Crippen MR) is 75.0 cm³/mol. The van der Waals surface area contributed by atoms with E-state index in [-0.39, 0.29) is 6.04 Å². The first-order chi connectivity index (χ1) is 9.34. The van der Waals surface area contributed by atoms with Crippen molar-refractivity contribution in [2.24, 2.45) is 0 Å². The van der Waals surface area contributed by atoms with Crippen LogP contribution in [0, 0.1) is 0 Å². The van der Waals surface area contributed by atoms with Crippen LogP contribution in [0.1, 0.15) is 37.2 Å². The maximum absolute atomic E-state index is 12.2. The molecule has 2 aliphatic rings. The van der Waals surface area contributed by atoms with Crippen molar-refractivity contribution in [3.63, 3.8) is 0 Å². The summed E-state index contributed by atoms with van der Waals surface area (Å²) in [6.07, 6.45) is 4.01. The van der Waals surface area contributed by atoms with Crippen molar-refractivity contribution in [1.82, 2.24) is 10.2 Å². The van der Waals surface area contributed by atoms with Crippen LogP contribution in [-0.2, 0) is 4.79 Å². The first kappa shape index (κ1) is 12.7. The Morgan fingerprint density at radius 2 is 1.95 bits per heavy atom. The lowest BCUT2D eigenvalue weighted by Gasteiger charge is -2.22. The van der Waals surface area contributed by atoms with Gasteiger partial charge in [0, 0.05) is 38.0 Å². The van der Waals surface area contributed by atoms with Crippen molar-refractivity contribution in [3.05, 3.63) is 35.9 Å². The third kappa shape index (κ3) is 2.81. The fraction of sp³-hybridized carbons (Fsp3) is 0.562. The molecule has 0 bridgehead atoms. The molecule has 2 fully saturated rings. The number of hydrogen-bond acceptors (Lipinski definition) is 1. The molecule has 0 aromatic heterocycles. The summed E-state index contributed by atoms with van der Waals surface area (Å²) in [5.41, 5.74) is 1.34. The Hall–Kier alpha value is -1.35. The molecule has 0 N–H and O–H groups in total. The molecule has 0 spiro atoms. The highest BCUT2D eigenvalue weighted by Crippen LogP contribution is 2.31. The lowest BCUT2D eigenvalue weighted by atomic mass is 9.90. The van der Waals surface area contributed by atoms with E-state index < -0.39 is 0 Å². The average Bonchev–Trinajstić information content (AvgIpc) is 3.11. The molecular formula is C16H21N2O. The molecule has 3 rings (SSSR count). The van der Waals surface area contributed by atoms with Crippen molar-refractivity contribution in [2.45, 2.75) is 37.6 Å². The third-order valence-electron chi connectivity index (χ3n) is 4.34. The smallest absolute Gasteiger partial charge is 0.224 e. The summed E-state index contributed by atoms with van der Waals surface area (Å²) >= 11 is 0. The van der Waals surface area contributed by atoms with Gasteiger partial charge in [-0.05, 0) is 24.8 Å². The largest absolute Gasteiger partial charge is 0.343 e. The van der Waals surface area contributed by atoms with Gasteiger partial charge < -0.3 is 4.90 Å². The second kappa shape index (κ2) is 5.74. The van der Waals surface area contributed by atoms with E-state index in [1.165, 1.54) is 5.56 Å². The molecular weight excluding hydrogens is 236 g/mol. The van der Waals surface area contributed by atoms with E-state index in [0.29, 0.717) is 18.2 Å². The van der Waals surface area contributed by atoms with Gasteiger partial charge in [-0.1, -0.05) is 30.3 Å². The maximum atomic E-state index is 12.2. The molecule has 2 saturated heterocycles. The lowest BCUT2D eigenvalue weighted by Crippen LogP contribution is -2.33. The van der Waals surface area contributed by atoms with Gasteiger partial charge in [-0.25, -0.2) is 5.32 Å². The maximum Gasteiger partial charge on any atom is 0.224 e. The van der Waals surface area contributed by atoms with E-state index in [0.717, 1.165) is 38.9 Å². The molecule has 1 aromatic rings. The van der Waals surface area contributed by atoms with Crippen molar-refractivity contribution >= 4 is 5.91 Å². The van der Waals surface area contributed by atoms with Gasteiger partial charge in [0.1, 0.15) is 0 Å². The number of rotatable bonds is 3. The molecule has 2 heterocycles. The topological polar surface area (TPSA) is 34.4 Å². The first-order valence-electron chi connectivity index (χ1n) is 7.34. The highest BCUT2D eigenvalue weighted by Gasteiger charge is 2.32. The number of amides is 1. The molecule has 1 radical (unpaired) electrons. The van der Waals surface area contributed by atoms with E-state index in [9.17, 15) is 4.79 Å². The van der Waals surface area contributed by atoms with E-state index in [1.807, 2.05) is 11.0 Å². The lowest BCUT2D eigenvalue weighted by molar-refractivity contribution is -0.130. The van der Waals surface area contributed by atoms with E-state index >= 15 is 0 Å². The van der Waals surface area contributed by atoms with Crippen LogP contribution in [-0.4, -0.2) is 36.5 Å². The summed E-state index contributed by atoms with van der Waals surface area (Å²) in [7, 11) is 0. The Morgan fingerprint density at radius 1 is 1.21 bits per heavy atom. The second-order valence-corrected chi connectivity index (χ2v) is 5.57. The van der Waals surface area contributed by atoms with Crippen LogP contribution in [0.2, 0.25) is 0 Å². The average molecular weight is 257 g/mol. The summed E-state index contributed by atoms with van der Waals surface area (Å²) < 4.78 is 0. The molecule has 3 heteroatoms. The number of carbonyl (C=O) groups excluding carboxylic acids is 1. The fourth-order valence-electron chi connectivity index (χ4n) is 3.27. The predicted octanol–water partition coefficient (Wildman–Crippen LogP) is 2.16. The minimum Gasteiger partial charge on any atom is -0.343 e. The van der Waals surface area contributed by atoms with Crippen molar-refractivity contribution < 1.29 is 4.79 Å². The van der Waals surface area contributed by atoms with Crippen LogP contribution in [0.3, 0.4) is 0 Å². The van der Waals surface area contributed by atoms with E-state index in [4.69, 9.17) is 0 Å². The Labute approximate surface area is 115 Å². The number of hydrogen-bond donors (Lipinski definition) is 0. The molecule has 1 unspecified atom stereocenters. The molecule has 1 aromatic carbocycles. The van der Waals surface area contributed by atoms with E-state index in [1.54, 1.807) is 0 Å². The number of benzene rings is 1. The van der Waals surface area contributed by atoms with Gasteiger partial charge in [-0.15, -0.1) is 0 Å². The Bertz CT molecular complexity index is 426. The van der Waals surface area contributed by atoms with Crippen molar-refractivity contribution in [3.8, 4) is 0 Å². The summed E-state index contributed by atoms with van der Waals surface area (Å²) in [4.78, 5) is 14.3. The summed E-state index contributed by atoms with van der Waals surface area (Å²) in [6, 6.07) is 10.7. The van der Waals surface area contributed by atoms with Crippen molar-refractivity contribution in [1.29, 1.82) is 0 Å². The molecule has 3 nitrogen and oxygen atoms in total. The van der Waals surface area contributed by atoms with Crippen LogP contribution in [0.15, 0.2) is 30.3 Å². The standard InChI is InChI=1S/C16H21N2O/c19-16(18-10-4-5-11-18)12-15-14(8-9-17-15)13-6-2-1-3-7-13/h1-3,6-7,14-15H,4-5,8-12H2/t14-,15?/m1/s1. The minimum absolute atomic E-state index is 0.190. The van der Waals surface area contributed by atoms with Gasteiger partial charge in [0.2, 0.25) is 5.91 Å². The summed E-state index contributed by atoms with van der Waals surface area (Å²) in [5, 5.41) is 4.66. The third-order valence-corrected chi connectivity index (χ3v) is 4.34. The Balaban J connectivity index is 1.65. The number of carbonyl (C=O) groups is 1. The van der Waals surface area contributed by atoms with Gasteiger partial charge >= 0.3 is 0 Å². The van der Waals surface area contributed by atoms with Gasteiger partial charge in [0.05, 0.1) is 0 Å². The Morgan fingerprint density at radius 3 is 2.68 bits per heavy atom. The zero-order valence-electron chi connectivity index (χ0n) is 11.3. The summed E-state index contributed by atoms with van der Waals surface area (Å²) in [6.45, 7) is 2.79. The zero-order valence-corrected chi connectivity index (χ0v) is 11.3. The quantitative estimate of drug-likeness (QED) is 0.817. The van der Waals surface area contributed by atoms with Crippen molar-refractivity contribution in [2.75, 3.05) is 19.6 Å². The van der Waals surface area contributed by atoms with Crippen LogP contribution in [0.25, 0.3) is 0 Å². The second-order valence-electron chi connectivity index (χ2n) is 5.57. The minimum atomic E-state index is 0.190. The van der Waals surface area contributed by atoms with Crippen LogP contribution < -0.4 is 5.32 Å². The van der Waals surface area contributed by atoms with Gasteiger partial charge in [-0.2, -0.15) is 0 Å². The molecule has 0 aliphatic carbocycles. The summed E-state index contributed by atoms with van der Waals surface area (Å²) in [5.74, 6) is 0.738. The molecule has 101 valence electrons. The van der Waals surface area contributed by atoms with Gasteiger partial charge in [0.15, 0.2) is 0 Å². The highest BCUT2D eigenvalue weighted by atomic mass is 16.2. The number of nitrogens with zero attached hydrogens (tertiary/aromatic N) is 2. The zero-order chi connectivity index (χ0) is 13.1. The van der Waals surface area contributed by atoms with Crippen LogP contribution in [0.5, 0.6) is 0 Å². The number of likely N-dealkylation sites (tertiary alicyclic amines) is 1. The van der Waals surface area contributed by atoms with E-state index in [2.05, 4.69) is 29.6 Å². The molecule has 19 heavy (non-hydrogen) atoms. The molecule has 2 atom stereocenters. The highest BCUT2D eigenvalue weighted by molar-refractivity contribution is 5.77. The SMILES string of the molecule is O=C(CC1[N]CC[C@@H]1c1ccccc1)N1CCCC1.